The SMILES string of the molecule is CC(=O)Nc1nc(C(=O)OCCOc2ccccc2C)cs1. The van der Waals surface area contributed by atoms with Gasteiger partial charge in [-0.15, -0.1) is 11.3 Å². The summed E-state index contributed by atoms with van der Waals surface area (Å²) >= 11 is 1.17. The van der Waals surface area contributed by atoms with Gasteiger partial charge in [0, 0.05) is 12.3 Å². The third-order valence-electron chi connectivity index (χ3n) is 2.66. The molecule has 0 saturated heterocycles. The molecule has 1 aromatic carbocycles. The molecule has 0 aliphatic rings. The minimum absolute atomic E-state index is 0.125. The number of aryl methyl sites for hydroxylation is 1. The summed E-state index contributed by atoms with van der Waals surface area (Å²) in [6.45, 7) is 3.71. The maximum absolute atomic E-state index is 11.8. The Bertz CT molecular complexity index is 669. The van der Waals surface area contributed by atoms with Gasteiger partial charge in [0.2, 0.25) is 5.91 Å². The lowest BCUT2D eigenvalue weighted by molar-refractivity contribution is -0.114. The lowest BCUT2D eigenvalue weighted by Gasteiger charge is -2.08. The first kappa shape index (κ1) is 16.0. The van der Waals surface area contributed by atoms with Gasteiger partial charge in [-0.2, -0.15) is 0 Å². The predicted octanol–water partition coefficient (Wildman–Crippen LogP) is 2.65. The van der Waals surface area contributed by atoms with Crippen LogP contribution in [0.4, 0.5) is 5.13 Å². The Labute approximate surface area is 132 Å². The first-order valence-corrected chi connectivity index (χ1v) is 7.53. The van der Waals surface area contributed by atoms with Gasteiger partial charge in [-0.05, 0) is 18.6 Å². The molecule has 0 bridgehead atoms. The summed E-state index contributed by atoms with van der Waals surface area (Å²) in [5, 5.41) is 4.42. The molecule has 1 N–H and O–H groups in total. The number of hydrogen-bond acceptors (Lipinski definition) is 6. The van der Waals surface area contributed by atoms with E-state index in [1.54, 1.807) is 0 Å². The molecule has 2 aromatic rings. The Balaban J connectivity index is 1.77. The van der Waals surface area contributed by atoms with Crippen LogP contribution in [-0.2, 0) is 9.53 Å². The van der Waals surface area contributed by atoms with Gasteiger partial charge in [-0.1, -0.05) is 18.2 Å². The molecule has 1 aromatic heterocycles. The fourth-order valence-electron chi connectivity index (χ4n) is 1.65. The van der Waals surface area contributed by atoms with E-state index in [0.717, 1.165) is 11.3 Å². The quantitative estimate of drug-likeness (QED) is 0.654. The Morgan fingerprint density at radius 3 is 2.77 bits per heavy atom. The summed E-state index contributed by atoms with van der Waals surface area (Å²) in [6, 6.07) is 7.61. The van der Waals surface area contributed by atoms with Crippen LogP contribution in [-0.4, -0.2) is 30.1 Å². The van der Waals surface area contributed by atoms with Gasteiger partial charge < -0.3 is 14.8 Å². The summed E-state index contributed by atoms with van der Waals surface area (Å²) in [5.41, 5.74) is 1.19. The minimum atomic E-state index is -0.541. The van der Waals surface area contributed by atoms with E-state index in [1.165, 1.54) is 23.6 Å². The van der Waals surface area contributed by atoms with Crippen molar-refractivity contribution >= 4 is 28.3 Å². The van der Waals surface area contributed by atoms with Crippen molar-refractivity contribution in [2.75, 3.05) is 18.5 Å². The number of ether oxygens (including phenoxy) is 2. The second-order valence-corrected chi connectivity index (χ2v) is 5.33. The van der Waals surface area contributed by atoms with Crippen LogP contribution in [0.15, 0.2) is 29.6 Å². The highest BCUT2D eigenvalue weighted by Gasteiger charge is 2.12. The molecule has 22 heavy (non-hydrogen) atoms. The molecule has 0 aliphatic carbocycles. The zero-order valence-corrected chi connectivity index (χ0v) is 13.1. The van der Waals surface area contributed by atoms with E-state index in [-0.39, 0.29) is 24.8 Å². The molecule has 0 radical (unpaired) electrons. The van der Waals surface area contributed by atoms with Gasteiger partial charge in [0.25, 0.3) is 0 Å². The van der Waals surface area contributed by atoms with E-state index < -0.39 is 5.97 Å². The van der Waals surface area contributed by atoms with Gasteiger partial charge in [0.05, 0.1) is 0 Å². The summed E-state index contributed by atoms with van der Waals surface area (Å²) < 4.78 is 10.6. The number of hydrogen-bond donors (Lipinski definition) is 1. The number of carbonyl (C=O) groups excluding carboxylic acids is 2. The number of esters is 1. The summed E-state index contributed by atoms with van der Waals surface area (Å²) in [6.07, 6.45) is 0. The first-order valence-electron chi connectivity index (χ1n) is 6.65. The molecule has 0 fully saturated rings. The second-order valence-electron chi connectivity index (χ2n) is 4.47. The maximum atomic E-state index is 11.8. The predicted molar refractivity (Wildman–Crippen MR) is 83.4 cm³/mol. The van der Waals surface area contributed by atoms with Crippen molar-refractivity contribution in [3.63, 3.8) is 0 Å². The number of amides is 1. The van der Waals surface area contributed by atoms with Crippen molar-refractivity contribution in [2.24, 2.45) is 0 Å². The summed E-state index contributed by atoms with van der Waals surface area (Å²) in [4.78, 5) is 26.6. The number of para-hydroxylation sites is 1. The average Bonchev–Trinajstić information content (AvgIpc) is 2.93. The van der Waals surface area contributed by atoms with Crippen molar-refractivity contribution in [1.82, 2.24) is 4.98 Å². The fourth-order valence-corrected chi connectivity index (χ4v) is 2.38. The van der Waals surface area contributed by atoms with Crippen molar-refractivity contribution in [2.45, 2.75) is 13.8 Å². The number of nitrogens with zero attached hydrogens (tertiary/aromatic N) is 1. The van der Waals surface area contributed by atoms with Crippen LogP contribution in [0.2, 0.25) is 0 Å². The fraction of sp³-hybridized carbons (Fsp3) is 0.267. The number of anilines is 1. The lowest BCUT2D eigenvalue weighted by atomic mass is 10.2. The Kier molecular flexibility index (Phi) is 5.48. The highest BCUT2D eigenvalue weighted by molar-refractivity contribution is 7.14. The standard InChI is InChI=1S/C15H16N2O4S/c1-10-5-3-4-6-13(10)20-7-8-21-14(19)12-9-22-15(17-12)16-11(2)18/h3-6,9H,7-8H2,1-2H3,(H,16,17,18). The van der Waals surface area contributed by atoms with E-state index in [0.29, 0.717) is 5.13 Å². The smallest absolute Gasteiger partial charge is 0.358 e. The third-order valence-corrected chi connectivity index (χ3v) is 3.42. The molecule has 1 amide bonds. The van der Waals surface area contributed by atoms with Gasteiger partial charge in [-0.3, -0.25) is 4.79 Å². The highest BCUT2D eigenvalue weighted by Crippen LogP contribution is 2.17. The maximum Gasteiger partial charge on any atom is 0.358 e. The highest BCUT2D eigenvalue weighted by atomic mass is 32.1. The number of nitrogens with one attached hydrogen (secondary N) is 1. The molecule has 2 rings (SSSR count). The van der Waals surface area contributed by atoms with Crippen LogP contribution in [0, 0.1) is 6.92 Å². The van der Waals surface area contributed by atoms with Gasteiger partial charge in [0.1, 0.15) is 19.0 Å². The number of benzene rings is 1. The van der Waals surface area contributed by atoms with Crippen LogP contribution < -0.4 is 10.1 Å². The largest absolute Gasteiger partial charge is 0.490 e. The van der Waals surface area contributed by atoms with Crippen LogP contribution in [0.3, 0.4) is 0 Å². The number of thiazole rings is 1. The molecule has 0 aliphatic heterocycles. The first-order chi connectivity index (χ1) is 10.6. The van der Waals surface area contributed by atoms with Gasteiger partial charge >= 0.3 is 5.97 Å². The number of aromatic nitrogens is 1. The van der Waals surface area contributed by atoms with E-state index in [9.17, 15) is 9.59 Å². The van der Waals surface area contributed by atoms with Gasteiger partial charge in [0.15, 0.2) is 10.8 Å². The monoisotopic (exact) mass is 320 g/mol. The molecule has 7 heteroatoms. The molecule has 6 nitrogen and oxygen atoms in total. The topological polar surface area (TPSA) is 77.5 Å². The van der Waals surface area contributed by atoms with Crippen molar-refractivity contribution < 1.29 is 19.1 Å². The zero-order valence-electron chi connectivity index (χ0n) is 12.3. The van der Waals surface area contributed by atoms with Crippen molar-refractivity contribution in [1.29, 1.82) is 0 Å². The van der Waals surface area contributed by atoms with Gasteiger partial charge in [-0.25, -0.2) is 9.78 Å². The molecular formula is C15H16N2O4S. The molecule has 0 unspecified atom stereocenters. The van der Waals surface area contributed by atoms with Crippen LogP contribution in [0.1, 0.15) is 23.0 Å². The third kappa shape index (κ3) is 4.56. The lowest BCUT2D eigenvalue weighted by Crippen LogP contribution is -2.13. The van der Waals surface area contributed by atoms with E-state index in [1.807, 2.05) is 31.2 Å². The second kappa shape index (κ2) is 7.56. The molecule has 1 heterocycles. The van der Waals surface area contributed by atoms with E-state index in [4.69, 9.17) is 9.47 Å². The number of carbonyl (C=O) groups is 2. The van der Waals surface area contributed by atoms with E-state index in [2.05, 4.69) is 10.3 Å². The normalized spacial score (nSPS) is 10.1. The minimum Gasteiger partial charge on any atom is -0.490 e. The summed E-state index contributed by atoms with van der Waals surface area (Å²) in [5.74, 6) is -0.0118. The molecule has 0 saturated carbocycles. The molecule has 0 spiro atoms. The van der Waals surface area contributed by atoms with E-state index >= 15 is 0 Å². The molecule has 116 valence electrons. The molecule has 0 atom stereocenters. The van der Waals surface area contributed by atoms with Crippen LogP contribution in [0.5, 0.6) is 5.75 Å². The van der Waals surface area contributed by atoms with Crippen LogP contribution in [0.25, 0.3) is 0 Å². The van der Waals surface area contributed by atoms with Crippen LogP contribution >= 0.6 is 11.3 Å². The number of rotatable bonds is 6. The van der Waals surface area contributed by atoms with Crippen molar-refractivity contribution in [3.05, 3.63) is 40.9 Å². The average molecular weight is 320 g/mol. The summed E-state index contributed by atoms with van der Waals surface area (Å²) in [7, 11) is 0. The Hall–Kier alpha value is -2.41. The van der Waals surface area contributed by atoms with Crippen molar-refractivity contribution in [3.8, 4) is 5.75 Å². The zero-order chi connectivity index (χ0) is 15.9. The Morgan fingerprint density at radius 2 is 2.05 bits per heavy atom. The molecular weight excluding hydrogens is 304 g/mol. The Morgan fingerprint density at radius 1 is 1.27 bits per heavy atom.